The Morgan fingerprint density at radius 2 is 1.92 bits per heavy atom. The molecular formula is C18H26N4O2. The highest BCUT2D eigenvalue weighted by Crippen LogP contribution is 2.20. The molecule has 2 amide bonds. The summed E-state index contributed by atoms with van der Waals surface area (Å²) in [5.41, 5.74) is 1.14. The zero-order chi connectivity index (χ0) is 16.9. The molecule has 130 valence electrons. The first-order valence-electron chi connectivity index (χ1n) is 8.81. The van der Waals surface area contributed by atoms with Gasteiger partial charge >= 0.3 is 0 Å². The van der Waals surface area contributed by atoms with Crippen LogP contribution in [0, 0.1) is 0 Å². The molecule has 1 atom stereocenters. The molecule has 2 aliphatic heterocycles. The smallest absolute Gasteiger partial charge is 0.239 e. The molecule has 3 rings (SSSR count). The topological polar surface area (TPSA) is 65.5 Å². The average Bonchev–Trinajstić information content (AvgIpc) is 2.94. The van der Waals surface area contributed by atoms with Crippen LogP contribution in [0.1, 0.15) is 31.2 Å². The molecule has 0 radical (unpaired) electrons. The molecule has 0 spiro atoms. The van der Waals surface area contributed by atoms with E-state index in [0.29, 0.717) is 6.42 Å². The Kier molecular flexibility index (Phi) is 5.45. The minimum absolute atomic E-state index is 0.0540. The van der Waals surface area contributed by atoms with E-state index < -0.39 is 0 Å². The normalized spacial score (nSPS) is 22.8. The Morgan fingerprint density at radius 1 is 1.21 bits per heavy atom. The molecule has 0 aliphatic carbocycles. The van der Waals surface area contributed by atoms with Gasteiger partial charge in [-0.05, 0) is 43.4 Å². The van der Waals surface area contributed by atoms with Crippen LogP contribution in [0.25, 0.3) is 0 Å². The largest absolute Gasteiger partial charge is 0.353 e. The Morgan fingerprint density at radius 3 is 2.54 bits per heavy atom. The van der Waals surface area contributed by atoms with Gasteiger partial charge in [-0.3, -0.25) is 19.5 Å². The first-order valence-corrected chi connectivity index (χ1v) is 8.81. The zero-order valence-electron chi connectivity index (χ0n) is 14.3. The van der Waals surface area contributed by atoms with Crippen molar-refractivity contribution >= 4 is 11.8 Å². The van der Waals surface area contributed by atoms with E-state index in [0.717, 1.165) is 50.9 Å². The van der Waals surface area contributed by atoms with Gasteiger partial charge in [0.25, 0.3) is 0 Å². The number of aryl methyl sites for hydroxylation is 1. The molecule has 0 aromatic carbocycles. The van der Waals surface area contributed by atoms with E-state index in [1.165, 1.54) is 0 Å². The lowest BCUT2D eigenvalue weighted by Gasteiger charge is -2.35. The minimum atomic E-state index is 0.0540. The lowest BCUT2D eigenvalue weighted by Crippen LogP contribution is -2.50. The highest BCUT2D eigenvalue weighted by molar-refractivity contribution is 5.83. The number of carbonyl (C=O) groups excluding carboxylic acids is 2. The molecule has 2 fully saturated rings. The summed E-state index contributed by atoms with van der Waals surface area (Å²) in [6.07, 6.45) is 7.54. The minimum Gasteiger partial charge on any atom is -0.353 e. The Balaban J connectivity index is 1.39. The standard InChI is InChI=1S/C18H26N4O2/c1-21-11-8-16(18(21)24)22-12-6-15(7-13-22)20-17(23)3-2-14-4-9-19-10-5-14/h4-5,9-10,15-16H,2-3,6-8,11-13H2,1H3,(H,20,23). The van der Waals surface area contributed by atoms with E-state index in [1.54, 1.807) is 12.4 Å². The summed E-state index contributed by atoms with van der Waals surface area (Å²) in [7, 11) is 1.87. The summed E-state index contributed by atoms with van der Waals surface area (Å²) in [5, 5.41) is 3.14. The first-order chi connectivity index (χ1) is 11.6. The molecule has 1 aromatic heterocycles. The van der Waals surface area contributed by atoms with E-state index in [2.05, 4.69) is 15.2 Å². The third-order valence-corrected chi connectivity index (χ3v) is 5.12. The van der Waals surface area contributed by atoms with Gasteiger partial charge in [-0.2, -0.15) is 0 Å². The highest BCUT2D eigenvalue weighted by Gasteiger charge is 2.35. The SMILES string of the molecule is CN1CCC(N2CCC(NC(=O)CCc3ccncc3)CC2)C1=O. The maximum atomic E-state index is 12.1. The Labute approximate surface area is 143 Å². The number of hydrogen-bond acceptors (Lipinski definition) is 4. The number of piperidine rings is 1. The summed E-state index contributed by atoms with van der Waals surface area (Å²) in [5.74, 6) is 0.358. The van der Waals surface area contributed by atoms with Crippen molar-refractivity contribution in [2.24, 2.45) is 0 Å². The van der Waals surface area contributed by atoms with Crippen LogP contribution in [0.3, 0.4) is 0 Å². The third kappa shape index (κ3) is 4.12. The second-order valence-electron chi connectivity index (χ2n) is 6.80. The third-order valence-electron chi connectivity index (χ3n) is 5.12. The summed E-state index contributed by atoms with van der Waals surface area (Å²) >= 11 is 0. The number of amides is 2. The van der Waals surface area contributed by atoms with Gasteiger partial charge in [0.1, 0.15) is 0 Å². The molecular weight excluding hydrogens is 304 g/mol. The van der Waals surface area contributed by atoms with E-state index in [-0.39, 0.29) is 23.9 Å². The molecule has 2 saturated heterocycles. The molecule has 0 bridgehead atoms. The second kappa shape index (κ2) is 7.75. The van der Waals surface area contributed by atoms with Gasteiger partial charge in [0.2, 0.25) is 11.8 Å². The molecule has 6 heteroatoms. The van der Waals surface area contributed by atoms with E-state index in [1.807, 2.05) is 24.1 Å². The number of nitrogens with one attached hydrogen (secondary N) is 1. The highest BCUT2D eigenvalue weighted by atomic mass is 16.2. The van der Waals surface area contributed by atoms with Gasteiger partial charge < -0.3 is 10.2 Å². The van der Waals surface area contributed by atoms with Crippen LogP contribution in [-0.4, -0.2) is 65.4 Å². The molecule has 1 unspecified atom stereocenters. The van der Waals surface area contributed by atoms with E-state index in [4.69, 9.17) is 0 Å². The molecule has 1 N–H and O–H groups in total. The molecule has 1 aromatic rings. The molecule has 2 aliphatic rings. The lowest BCUT2D eigenvalue weighted by molar-refractivity contribution is -0.131. The van der Waals surface area contributed by atoms with Crippen molar-refractivity contribution < 1.29 is 9.59 Å². The molecule has 6 nitrogen and oxygen atoms in total. The maximum absolute atomic E-state index is 12.1. The van der Waals surface area contributed by atoms with Crippen molar-refractivity contribution in [3.8, 4) is 0 Å². The lowest BCUT2D eigenvalue weighted by atomic mass is 10.0. The van der Waals surface area contributed by atoms with Gasteiger partial charge in [0.05, 0.1) is 6.04 Å². The van der Waals surface area contributed by atoms with Crippen LogP contribution in [0.15, 0.2) is 24.5 Å². The summed E-state index contributed by atoms with van der Waals surface area (Å²) in [6.45, 7) is 2.63. The number of likely N-dealkylation sites (N-methyl/N-ethyl adjacent to an activating group) is 1. The summed E-state index contributed by atoms with van der Waals surface area (Å²) < 4.78 is 0. The van der Waals surface area contributed by atoms with Crippen molar-refractivity contribution in [1.29, 1.82) is 0 Å². The van der Waals surface area contributed by atoms with Crippen molar-refractivity contribution in [2.45, 2.75) is 44.2 Å². The van der Waals surface area contributed by atoms with Gasteiger partial charge in [-0.15, -0.1) is 0 Å². The fourth-order valence-corrected chi connectivity index (χ4v) is 3.61. The second-order valence-corrected chi connectivity index (χ2v) is 6.80. The van der Waals surface area contributed by atoms with Crippen LogP contribution >= 0.6 is 0 Å². The summed E-state index contributed by atoms with van der Waals surface area (Å²) in [6, 6.07) is 4.18. The number of hydrogen-bond donors (Lipinski definition) is 1. The number of likely N-dealkylation sites (tertiary alicyclic amines) is 2. The quantitative estimate of drug-likeness (QED) is 0.868. The Hall–Kier alpha value is -1.95. The van der Waals surface area contributed by atoms with Gasteiger partial charge in [0, 0.05) is 51.5 Å². The predicted octanol–water partition coefficient (Wildman–Crippen LogP) is 0.826. The molecule has 3 heterocycles. The average molecular weight is 330 g/mol. The van der Waals surface area contributed by atoms with E-state index in [9.17, 15) is 9.59 Å². The number of pyridine rings is 1. The van der Waals surface area contributed by atoms with Crippen molar-refractivity contribution in [2.75, 3.05) is 26.7 Å². The van der Waals surface area contributed by atoms with E-state index >= 15 is 0 Å². The number of carbonyl (C=O) groups is 2. The van der Waals surface area contributed by atoms with Crippen LogP contribution in [-0.2, 0) is 16.0 Å². The monoisotopic (exact) mass is 330 g/mol. The fraction of sp³-hybridized carbons (Fsp3) is 0.611. The summed E-state index contributed by atoms with van der Waals surface area (Å²) in [4.78, 5) is 32.3. The number of nitrogens with zero attached hydrogens (tertiary/aromatic N) is 3. The predicted molar refractivity (Wildman–Crippen MR) is 91.3 cm³/mol. The number of rotatable bonds is 5. The van der Waals surface area contributed by atoms with Crippen LogP contribution in [0.2, 0.25) is 0 Å². The number of aromatic nitrogens is 1. The van der Waals surface area contributed by atoms with Gasteiger partial charge in [-0.25, -0.2) is 0 Å². The van der Waals surface area contributed by atoms with Crippen molar-refractivity contribution in [1.82, 2.24) is 20.1 Å². The first kappa shape index (κ1) is 16.9. The van der Waals surface area contributed by atoms with Gasteiger partial charge in [0.15, 0.2) is 0 Å². The molecule has 24 heavy (non-hydrogen) atoms. The zero-order valence-corrected chi connectivity index (χ0v) is 14.3. The molecule has 0 saturated carbocycles. The van der Waals surface area contributed by atoms with Crippen LogP contribution in [0.4, 0.5) is 0 Å². The van der Waals surface area contributed by atoms with Gasteiger partial charge in [-0.1, -0.05) is 0 Å². The fourth-order valence-electron chi connectivity index (χ4n) is 3.61. The van der Waals surface area contributed by atoms with Crippen molar-refractivity contribution in [3.05, 3.63) is 30.1 Å². The van der Waals surface area contributed by atoms with Crippen LogP contribution in [0.5, 0.6) is 0 Å². The maximum Gasteiger partial charge on any atom is 0.239 e. The van der Waals surface area contributed by atoms with Crippen molar-refractivity contribution in [3.63, 3.8) is 0 Å². The van der Waals surface area contributed by atoms with Crippen LogP contribution < -0.4 is 5.32 Å². The Bertz CT molecular complexity index is 570.